The van der Waals surface area contributed by atoms with E-state index >= 15 is 0 Å². The van der Waals surface area contributed by atoms with Crippen LogP contribution in [-0.2, 0) is 16.1 Å². The molecule has 5 nitrogen and oxygen atoms in total. The van der Waals surface area contributed by atoms with Crippen molar-refractivity contribution in [2.75, 3.05) is 19.8 Å². The number of carbonyl (C=O) groups is 1. The summed E-state index contributed by atoms with van der Waals surface area (Å²) in [4.78, 5) is 14.7. The molecule has 0 spiro atoms. The minimum absolute atomic E-state index is 0.221. The fourth-order valence-corrected chi connectivity index (χ4v) is 3.58. The second-order valence-corrected chi connectivity index (χ2v) is 7.04. The number of hydrogen-bond acceptors (Lipinski definition) is 3. The number of nitrogens with zero attached hydrogens (tertiary/aromatic N) is 3. The minimum atomic E-state index is 0.221. The van der Waals surface area contributed by atoms with Gasteiger partial charge < -0.3 is 9.64 Å². The zero-order valence-corrected chi connectivity index (χ0v) is 13.6. The normalized spacial score (nSPS) is 23.7. The molecule has 0 aromatic carbocycles. The van der Waals surface area contributed by atoms with Crippen LogP contribution < -0.4 is 0 Å². The highest BCUT2D eigenvalue weighted by atomic mass is 16.5. The molecule has 3 aliphatic rings. The van der Waals surface area contributed by atoms with Crippen LogP contribution in [0.1, 0.15) is 50.3 Å². The van der Waals surface area contributed by atoms with E-state index in [-0.39, 0.29) is 11.9 Å². The third kappa shape index (κ3) is 3.34. The summed E-state index contributed by atoms with van der Waals surface area (Å²) in [5, 5.41) is 4.46. The van der Waals surface area contributed by atoms with Gasteiger partial charge in [-0.3, -0.25) is 9.48 Å². The molecular formula is C18H25N3O2. The van der Waals surface area contributed by atoms with Gasteiger partial charge in [-0.2, -0.15) is 5.10 Å². The van der Waals surface area contributed by atoms with Crippen LogP contribution in [0.4, 0.5) is 0 Å². The van der Waals surface area contributed by atoms with E-state index in [1.165, 1.54) is 12.8 Å². The van der Waals surface area contributed by atoms with Crippen molar-refractivity contribution in [3.8, 4) is 0 Å². The van der Waals surface area contributed by atoms with E-state index in [1.54, 1.807) is 0 Å². The second kappa shape index (κ2) is 6.48. The van der Waals surface area contributed by atoms with Crippen molar-refractivity contribution in [1.29, 1.82) is 0 Å². The van der Waals surface area contributed by atoms with Crippen molar-refractivity contribution in [1.82, 2.24) is 14.7 Å². The predicted molar refractivity (Wildman–Crippen MR) is 86.8 cm³/mol. The average molecular weight is 315 g/mol. The van der Waals surface area contributed by atoms with Gasteiger partial charge in [-0.05, 0) is 50.5 Å². The van der Waals surface area contributed by atoms with E-state index in [0.717, 1.165) is 62.6 Å². The van der Waals surface area contributed by atoms with Gasteiger partial charge in [-0.15, -0.1) is 0 Å². The largest absolute Gasteiger partial charge is 0.381 e. The fourth-order valence-electron chi connectivity index (χ4n) is 3.58. The van der Waals surface area contributed by atoms with Crippen molar-refractivity contribution in [3.63, 3.8) is 0 Å². The highest BCUT2D eigenvalue weighted by Crippen LogP contribution is 2.30. The van der Waals surface area contributed by atoms with E-state index in [9.17, 15) is 4.79 Å². The Morgan fingerprint density at radius 1 is 1.39 bits per heavy atom. The zero-order valence-electron chi connectivity index (χ0n) is 13.6. The summed E-state index contributed by atoms with van der Waals surface area (Å²) in [6.45, 7) is 3.08. The molecule has 5 heteroatoms. The van der Waals surface area contributed by atoms with Gasteiger partial charge >= 0.3 is 0 Å². The summed E-state index contributed by atoms with van der Waals surface area (Å²) >= 11 is 0. The smallest absolute Gasteiger partial charge is 0.249 e. The van der Waals surface area contributed by atoms with E-state index in [2.05, 4.69) is 15.9 Å². The van der Waals surface area contributed by atoms with Crippen LogP contribution in [0, 0.1) is 5.92 Å². The Balaban J connectivity index is 1.39. The number of ether oxygens (including phenoxy) is 1. The van der Waals surface area contributed by atoms with Crippen LogP contribution >= 0.6 is 0 Å². The Morgan fingerprint density at radius 3 is 3.09 bits per heavy atom. The summed E-state index contributed by atoms with van der Waals surface area (Å²) in [5.74, 6) is 1.02. The maximum Gasteiger partial charge on any atom is 0.249 e. The molecule has 2 aliphatic carbocycles. The molecule has 1 fully saturated rings. The number of carbonyl (C=O) groups excluding carboxylic acids is 1. The van der Waals surface area contributed by atoms with Gasteiger partial charge in [0.1, 0.15) is 0 Å². The lowest BCUT2D eigenvalue weighted by atomic mass is 10.1. The zero-order chi connectivity index (χ0) is 15.6. The SMILES string of the molecule is O=C(C1=CCCC1)N1Cc2ccnn2[C@H](CCOCC2CC2)C1. The molecule has 124 valence electrons. The molecule has 0 unspecified atom stereocenters. The molecule has 0 radical (unpaired) electrons. The average Bonchev–Trinajstić information content (AvgIpc) is 3.04. The van der Waals surface area contributed by atoms with Crippen molar-refractivity contribution in [3.05, 3.63) is 29.6 Å². The molecule has 0 bridgehead atoms. The van der Waals surface area contributed by atoms with Crippen LogP contribution in [0.3, 0.4) is 0 Å². The third-order valence-electron chi connectivity index (χ3n) is 5.13. The highest BCUT2D eigenvalue weighted by Gasteiger charge is 2.30. The summed E-state index contributed by atoms with van der Waals surface area (Å²) in [5.41, 5.74) is 2.14. The van der Waals surface area contributed by atoms with Gasteiger partial charge in [-0.25, -0.2) is 0 Å². The molecule has 1 saturated carbocycles. The Morgan fingerprint density at radius 2 is 2.30 bits per heavy atom. The second-order valence-electron chi connectivity index (χ2n) is 7.04. The molecule has 2 heterocycles. The topological polar surface area (TPSA) is 47.4 Å². The number of rotatable bonds is 6. The minimum Gasteiger partial charge on any atom is -0.381 e. The predicted octanol–water partition coefficient (Wildman–Crippen LogP) is 2.69. The number of fused-ring (bicyclic) bond motifs is 1. The van der Waals surface area contributed by atoms with E-state index in [1.807, 2.05) is 17.2 Å². The number of amides is 1. The van der Waals surface area contributed by atoms with E-state index < -0.39 is 0 Å². The Hall–Kier alpha value is -1.62. The first-order valence-electron chi connectivity index (χ1n) is 8.89. The third-order valence-corrected chi connectivity index (χ3v) is 5.13. The first kappa shape index (κ1) is 14.9. The van der Waals surface area contributed by atoms with Crippen LogP contribution in [-0.4, -0.2) is 40.3 Å². The van der Waals surface area contributed by atoms with Crippen molar-refractivity contribution in [2.24, 2.45) is 5.92 Å². The van der Waals surface area contributed by atoms with Crippen molar-refractivity contribution >= 4 is 5.91 Å². The number of aromatic nitrogens is 2. The van der Waals surface area contributed by atoms with Gasteiger partial charge in [0, 0.05) is 31.5 Å². The molecule has 23 heavy (non-hydrogen) atoms. The van der Waals surface area contributed by atoms with E-state index in [4.69, 9.17) is 4.74 Å². The molecule has 1 amide bonds. The van der Waals surface area contributed by atoms with Gasteiger partial charge in [0.25, 0.3) is 0 Å². The van der Waals surface area contributed by atoms with Crippen LogP contribution in [0.2, 0.25) is 0 Å². The maximum absolute atomic E-state index is 12.7. The van der Waals surface area contributed by atoms with Crippen molar-refractivity contribution in [2.45, 2.75) is 51.1 Å². The molecule has 0 N–H and O–H groups in total. The van der Waals surface area contributed by atoms with Gasteiger partial charge in [0.2, 0.25) is 5.91 Å². The van der Waals surface area contributed by atoms with Gasteiger partial charge in [0.15, 0.2) is 0 Å². The highest BCUT2D eigenvalue weighted by molar-refractivity contribution is 5.93. The summed E-state index contributed by atoms with van der Waals surface area (Å²) in [6.07, 6.45) is 10.6. The Labute approximate surface area is 137 Å². The molecule has 1 aromatic heterocycles. The standard InChI is InChI=1S/C18H25N3O2/c22-18(15-3-1-2-4-15)20-11-16-7-9-19-21(16)17(12-20)8-10-23-13-14-5-6-14/h3,7,9,14,17H,1-2,4-6,8,10-13H2/t17-/m1/s1. The Bertz CT molecular complexity index is 603. The van der Waals surface area contributed by atoms with E-state index in [0.29, 0.717) is 6.54 Å². The molecule has 4 rings (SSSR count). The molecular weight excluding hydrogens is 290 g/mol. The molecule has 1 aliphatic heterocycles. The Kier molecular flexibility index (Phi) is 4.21. The lowest BCUT2D eigenvalue weighted by Gasteiger charge is -2.34. The first-order valence-corrected chi connectivity index (χ1v) is 8.89. The monoisotopic (exact) mass is 315 g/mol. The lowest BCUT2D eigenvalue weighted by molar-refractivity contribution is -0.129. The number of hydrogen-bond donors (Lipinski definition) is 0. The van der Waals surface area contributed by atoms with Crippen LogP contribution in [0.5, 0.6) is 0 Å². The van der Waals surface area contributed by atoms with Crippen LogP contribution in [0.15, 0.2) is 23.9 Å². The number of allylic oxidation sites excluding steroid dienone is 1. The summed E-state index contributed by atoms with van der Waals surface area (Å²) < 4.78 is 7.88. The van der Waals surface area contributed by atoms with Crippen LogP contribution in [0.25, 0.3) is 0 Å². The van der Waals surface area contributed by atoms with Gasteiger partial charge in [-0.1, -0.05) is 6.08 Å². The first-order chi connectivity index (χ1) is 11.3. The molecule has 1 atom stereocenters. The lowest BCUT2D eigenvalue weighted by Crippen LogP contribution is -2.42. The maximum atomic E-state index is 12.7. The fraction of sp³-hybridized carbons (Fsp3) is 0.667. The summed E-state index contributed by atoms with van der Waals surface area (Å²) in [6, 6.07) is 2.26. The quantitative estimate of drug-likeness (QED) is 0.758. The van der Waals surface area contributed by atoms with Crippen molar-refractivity contribution < 1.29 is 9.53 Å². The van der Waals surface area contributed by atoms with Gasteiger partial charge in [0.05, 0.1) is 18.3 Å². The molecule has 1 aromatic rings. The molecule has 0 saturated heterocycles. The summed E-state index contributed by atoms with van der Waals surface area (Å²) in [7, 11) is 0.